The summed E-state index contributed by atoms with van der Waals surface area (Å²) in [5, 5.41) is 6.47. The number of hydrazone groups is 1. The second-order valence-corrected chi connectivity index (χ2v) is 11.0. The van der Waals surface area contributed by atoms with Gasteiger partial charge in [-0.25, -0.2) is 5.01 Å². The molecule has 0 saturated carbocycles. The summed E-state index contributed by atoms with van der Waals surface area (Å²) in [4.78, 5) is 23.5. The van der Waals surface area contributed by atoms with Crippen LogP contribution in [0, 0.1) is 6.92 Å². The Morgan fingerprint density at radius 3 is 1.89 bits per heavy atom. The van der Waals surface area contributed by atoms with E-state index in [4.69, 9.17) is 9.84 Å². The second-order valence-electron chi connectivity index (χ2n) is 11.0. The molecule has 2 aliphatic rings. The molecule has 2 aliphatic heterocycles. The summed E-state index contributed by atoms with van der Waals surface area (Å²) >= 11 is 0. The maximum Gasteiger partial charge on any atom is 0.275 e. The van der Waals surface area contributed by atoms with Crippen molar-refractivity contribution >= 4 is 35.4 Å². The van der Waals surface area contributed by atoms with Crippen LogP contribution in [0.2, 0.25) is 0 Å². The number of fused-ring (bicyclic) bond motifs is 6. The van der Waals surface area contributed by atoms with Crippen molar-refractivity contribution in [3.05, 3.63) is 113 Å². The lowest BCUT2D eigenvalue weighted by molar-refractivity contribution is 0.0675. The first-order valence-corrected chi connectivity index (χ1v) is 15.5. The topological polar surface area (TPSA) is 60.7 Å². The van der Waals surface area contributed by atoms with Gasteiger partial charge in [0.2, 0.25) is 0 Å². The van der Waals surface area contributed by atoms with Crippen LogP contribution in [0.3, 0.4) is 0 Å². The maximum absolute atomic E-state index is 14.3. The Morgan fingerprint density at radius 1 is 0.727 bits per heavy atom. The standard InChI is InChI=1S/C37H39N5O2/c1-6-40(7-2)27-18-20-31-34(24-27)44-35-25-28(41(8-3)9-4)19-21-32(35)37(31)30-16-12-11-15-29(30)36(43)42(37)39-23-22-38-33-17-13-10-14-26(33)5/h10-25H,6-9H2,1-5H3/b38-22+,39-23+. The van der Waals surface area contributed by atoms with Gasteiger partial charge in [-0.3, -0.25) is 9.79 Å². The molecule has 0 radical (unpaired) electrons. The lowest BCUT2D eigenvalue weighted by Crippen LogP contribution is -2.44. The number of carbonyl (C=O) groups excluding carboxylic acids is 1. The van der Waals surface area contributed by atoms with Crippen LogP contribution < -0.4 is 14.5 Å². The van der Waals surface area contributed by atoms with E-state index in [1.54, 1.807) is 17.4 Å². The summed E-state index contributed by atoms with van der Waals surface area (Å²) in [6, 6.07) is 28.4. The van der Waals surface area contributed by atoms with Crippen molar-refractivity contribution < 1.29 is 9.53 Å². The molecule has 0 fully saturated rings. The Morgan fingerprint density at radius 2 is 1.30 bits per heavy atom. The van der Waals surface area contributed by atoms with E-state index in [9.17, 15) is 4.79 Å². The highest BCUT2D eigenvalue weighted by atomic mass is 16.5. The molecule has 4 aromatic carbocycles. The Kier molecular flexibility index (Phi) is 7.95. The van der Waals surface area contributed by atoms with Gasteiger partial charge in [-0.1, -0.05) is 48.5 Å². The van der Waals surface area contributed by atoms with Gasteiger partial charge in [0.05, 0.1) is 11.9 Å². The highest BCUT2D eigenvalue weighted by Crippen LogP contribution is 2.58. The van der Waals surface area contributed by atoms with Gasteiger partial charge in [-0.15, -0.1) is 0 Å². The largest absolute Gasteiger partial charge is 0.456 e. The second kappa shape index (κ2) is 12.0. The third-order valence-electron chi connectivity index (χ3n) is 8.82. The molecule has 1 amide bonds. The molecule has 0 bridgehead atoms. The van der Waals surface area contributed by atoms with Crippen LogP contribution >= 0.6 is 0 Å². The molecule has 1 spiro atoms. The molecule has 6 rings (SSSR count). The minimum Gasteiger partial charge on any atom is -0.456 e. The summed E-state index contributed by atoms with van der Waals surface area (Å²) in [5.74, 6) is 1.27. The van der Waals surface area contributed by atoms with Crippen LogP contribution in [-0.4, -0.2) is 49.5 Å². The van der Waals surface area contributed by atoms with Crippen molar-refractivity contribution in [3.63, 3.8) is 0 Å². The number of carbonyl (C=O) groups is 1. The number of amides is 1. The summed E-state index contributed by atoms with van der Waals surface area (Å²) in [6.07, 6.45) is 3.27. The van der Waals surface area contributed by atoms with Crippen molar-refractivity contribution in [1.82, 2.24) is 5.01 Å². The zero-order chi connectivity index (χ0) is 30.8. The van der Waals surface area contributed by atoms with Crippen LogP contribution in [-0.2, 0) is 5.54 Å². The first-order valence-electron chi connectivity index (χ1n) is 15.5. The van der Waals surface area contributed by atoms with Crippen LogP contribution in [0.15, 0.2) is 95.0 Å². The van der Waals surface area contributed by atoms with Gasteiger partial charge in [0.25, 0.3) is 5.91 Å². The van der Waals surface area contributed by atoms with Gasteiger partial charge in [-0.2, -0.15) is 5.10 Å². The average Bonchev–Trinajstić information content (AvgIpc) is 3.29. The predicted molar refractivity (Wildman–Crippen MR) is 180 cm³/mol. The van der Waals surface area contributed by atoms with E-state index in [1.807, 2.05) is 55.5 Å². The molecule has 7 nitrogen and oxygen atoms in total. The number of hydrogen-bond donors (Lipinski definition) is 0. The Hall–Kier alpha value is -4.91. The molecule has 224 valence electrons. The van der Waals surface area contributed by atoms with Gasteiger partial charge >= 0.3 is 0 Å². The van der Waals surface area contributed by atoms with Gasteiger partial charge in [0.15, 0.2) is 0 Å². The third-order valence-corrected chi connectivity index (χ3v) is 8.82. The number of benzene rings is 4. The van der Waals surface area contributed by atoms with Crippen LogP contribution in [0.5, 0.6) is 11.5 Å². The van der Waals surface area contributed by atoms with Crippen LogP contribution in [0.25, 0.3) is 0 Å². The monoisotopic (exact) mass is 585 g/mol. The van der Waals surface area contributed by atoms with Gasteiger partial charge in [-0.05, 0) is 64.4 Å². The fraction of sp³-hybridized carbons (Fsp3) is 0.270. The van der Waals surface area contributed by atoms with Crippen LogP contribution in [0.4, 0.5) is 17.1 Å². The zero-order valence-corrected chi connectivity index (χ0v) is 26.1. The highest BCUT2D eigenvalue weighted by Gasteiger charge is 2.57. The fourth-order valence-corrected chi connectivity index (χ4v) is 6.56. The molecular weight excluding hydrogens is 546 g/mol. The summed E-state index contributed by atoms with van der Waals surface area (Å²) in [6.45, 7) is 14.1. The number of aliphatic imine (C=N–C) groups is 1. The summed E-state index contributed by atoms with van der Waals surface area (Å²) < 4.78 is 6.75. The van der Waals surface area contributed by atoms with Crippen molar-refractivity contribution in [1.29, 1.82) is 0 Å². The van der Waals surface area contributed by atoms with Gasteiger partial charge < -0.3 is 14.5 Å². The van der Waals surface area contributed by atoms with E-state index in [-0.39, 0.29) is 5.91 Å². The van der Waals surface area contributed by atoms with E-state index >= 15 is 0 Å². The lowest BCUT2D eigenvalue weighted by Gasteiger charge is -2.42. The molecule has 0 aromatic heterocycles. The first-order chi connectivity index (χ1) is 21.5. The SMILES string of the molecule is CCN(CC)c1ccc2c(c1)Oc1cc(N(CC)CC)ccc1C21c2ccccc2C(=O)N1/N=C/C=N/c1ccccc1C. The molecule has 44 heavy (non-hydrogen) atoms. The van der Waals surface area contributed by atoms with Crippen molar-refractivity contribution in [2.75, 3.05) is 36.0 Å². The Balaban J connectivity index is 1.58. The number of aryl methyl sites for hydroxylation is 1. The molecule has 4 aromatic rings. The molecule has 2 heterocycles. The number of anilines is 2. The molecule has 0 saturated heterocycles. The molecule has 7 heteroatoms. The maximum atomic E-state index is 14.3. The highest BCUT2D eigenvalue weighted by molar-refractivity contribution is 6.17. The summed E-state index contributed by atoms with van der Waals surface area (Å²) in [5.41, 5.74) is 6.32. The van der Waals surface area contributed by atoms with Crippen LogP contribution in [0.1, 0.15) is 60.3 Å². The number of nitrogens with zero attached hydrogens (tertiary/aromatic N) is 5. The van der Waals surface area contributed by atoms with E-state index in [0.717, 1.165) is 77.0 Å². The normalized spacial score (nSPS) is 14.6. The van der Waals surface area contributed by atoms with Crippen molar-refractivity contribution in [3.8, 4) is 11.5 Å². The smallest absolute Gasteiger partial charge is 0.275 e. The summed E-state index contributed by atoms with van der Waals surface area (Å²) in [7, 11) is 0. The molecule has 0 atom stereocenters. The predicted octanol–water partition coefficient (Wildman–Crippen LogP) is 7.93. The Labute approximate surface area is 260 Å². The minimum atomic E-state index is -1.02. The quantitative estimate of drug-likeness (QED) is 0.187. The van der Waals surface area contributed by atoms with E-state index < -0.39 is 5.54 Å². The molecule has 0 unspecified atom stereocenters. The number of para-hydroxylation sites is 1. The first kappa shape index (κ1) is 29.2. The number of hydrogen-bond acceptors (Lipinski definition) is 6. The number of rotatable bonds is 9. The van der Waals surface area contributed by atoms with Crippen molar-refractivity contribution in [2.45, 2.75) is 40.2 Å². The third kappa shape index (κ3) is 4.64. The van der Waals surface area contributed by atoms with E-state index in [0.29, 0.717) is 5.56 Å². The van der Waals surface area contributed by atoms with E-state index in [1.165, 1.54) is 0 Å². The zero-order valence-electron chi connectivity index (χ0n) is 26.1. The molecule has 0 aliphatic carbocycles. The minimum absolute atomic E-state index is 0.166. The molecule has 0 N–H and O–H groups in total. The molecular formula is C37H39N5O2. The van der Waals surface area contributed by atoms with Gasteiger partial charge in [0.1, 0.15) is 17.0 Å². The van der Waals surface area contributed by atoms with E-state index in [2.05, 4.69) is 78.9 Å². The lowest BCUT2D eigenvalue weighted by atomic mass is 9.75. The average molecular weight is 586 g/mol. The van der Waals surface area contributed by atoms with Gasteiger partial charge in [0, 0.05) is 78.2 Å². The number of ether oxygens (including phenoxy) is 1. The Bertz CT molecular complexity index is 1690. The van der Waals surface area contributed by atoms with Crippen molar-refractivity contribution in [2.24, 2.45) is 10.1 Å². The fourth-order valence-electron chi connectivity index (χ4n) is 6.56.